The summed E-state index contributed by atoms with van der Waals surface area (Å²) < 4.78 is 37.6. The molecule has 1 atom stereocenters. The first kappa shape index (κ1) is 24.3. The molecule has 1 aliphatic heterocycles. The van der Waals surface area contributed by atoms with Crippen molar-refractivity contribution in [3.63, 3.8) is 0 Å². The zero-order valence-electron chi connectivity index (χ0n) is 19.7. The largest absolute Gasteiger partial charge is 0.475 e. The van der Waals surface area contributed by atoms with Gasteiger partial charge in [-0.15, -0.1) is 0 Å². The maximum atomic E-state index is 13.2. The van der Waals surface area contributed by atoms with Crippen molar-refractivity contribution >= 4 is 33.3 Å². The van der Waals surface area contributed by atoms with Crippen LogP contribution in [0.3, 0.4) is 0 Å². The first-order valence-corrected chi connectivity index (χ1v) is 12.4. The number of rotatable bonds is 6. The molecule has 0 saturated heterocycles. The van der Waals surface area contributed by atoms with Gasteiger partial charge in [-0.05, 0) is 48.9 Å². The fourth-order valence-electron chi connectivity index (χ4n) is 3.83. The number of amides is 1. The Morgan fingerprint density at radius 3 is 2.34 bits per heavy atom. The molecule has 0 saturated carbocycles. The summed E-state index contributed by atoms with van der Waals surface area (Å²) in [7, 11) is -0.945. The molecule has 1 amide bonds. The second-order valence-corrected chi connectivity index (χ2v) is 10.2. The monoisotopic (exact) mass is 494 g/mol. The maximum absolute atomic E-state index is 13.2. The molecular formula is C26H26N2O6S. The number of esters is 1. The minimum absolute atomic E-state index is 0.0398. The third-order valence-corrected chi connectivity index (χ3v) is 7.67. The Morgan fingerprint density at radius 2 is 1.69 bits per heavy atom. The molecule has 0 aliphatic carbocycles. The van der Waals surface area contributed by atoms with Gasteiger partial charge in [0, 0.05) is 7.05 Å². The third-order valence-electron chi connectivity index (χ3n) is 5.87. The fraction of sp³-hybridized carbons (Fsp3) is 0.231. The Hall–Kier alpha value is -3.85. The van der Waals surface area contributed by atoms with E-state index in [0.717, 1.165) is 5.56 Å². The summed E-state index contributed by atoms with van der Waals surface area (Å²) in [6.45, 7) is 1.93. The van der Waals surface area contributed by atoms with Crippen molar-refractivity contribution in [2.24, 2.45) is 0 Å². The smallest absolute Gasteiger partial charge is 0.348 e. The van der Waals surface area contributed by atoms with E-state index in [1.807, 2.05) is 6.92 Å². The average Bonchev–Trinajstić information content (AvgIpc) is 2.87. The molecule has 1 heterocycles. The highest BCUT2D eigenvalue weighted by atomic mass is 32.2. The Bertz CT molecular complexity index is 1340. The number of hydrogen-bond donors (Lipinski definition) is 0. The van der Waals surface area contributed by atoms with Crippen molar-refractivity contribution in [1.82, 2.24) is 0 Å². The van der Waals surface area contributed by atoms with Crippen molar-refractivity contribution in [3.8, 4) is 5.75 Å². The molecule has 3 aromatic rings. The molecular weight excluding hydrogens is 468 g/mol. The van der Waals surface area contributed by atoms with Gasteiger partial charge in [0.25, 0.3) is 10.0 Å². The summed E-state index contributed by atoms with van der Waals surface area (Å²) in [5.74, 6) is -0.344. The number of fused-ring (bicyclic) bond motifs is 1. The average molecular weight is 495 g/mol. The lowest BCUT2D eigenvalue weighted by atomic mass is 10.1. The van der Waals surface area contributed by atoms with Gasteiger partial charge in [-0.2, -0.15) is 0 Å². The van der Waals surface area contributed by atoms with Crippen LogP contribution in [0, 0.1) is 6.92 Å². The number of hydrogen-bond acceptors (Lipinski definition) is 6. The van der Waals surface area contributed by atoms with Crippen molar-refractivity contribution in [3.05, 3.63) is 83.9 Å². The Balaban J connectivity index is 1.51. The number of para-hydroxylation sites is 2. The van der Waals surface area contributed by atoms with E-state index in [9.17, 15) is 18.0 Å². The lowest BCUT2D eigenvalue weighted by Gasteiger charge is -2.33. The van der Waals surface area contributed by atoms with Gasteiger partial charge in [0.15, 0.2) is 0 Å². The molecule has 0 bridgehead atoms. The van der Waals surface area contributed by atoms with Gasteiger partial charge in [0.2, 0.25) is 12.0 Å². The summed E-state index contributed by atoms with van der Waals surface area (Å²) in [5.41, 5.74) is 2.74. The first-order chi connectivity index (χ1) is 16.7. The molecule has 8 nitrogen and oxygen atoms in total. The van der Waals surface area contributed by atoms with Crippen LogP contribution in [0.2, 0.25) is 0 Å². The highest BCUT2D eigenvalue weighted by Gasteiger charge is 2.34. The molecule has 4 rings (SSSR count). The van der Waals surface area contributed by atoms with E-state index in [-0.39, 0.29) is 23.8 Å². The molecule has 0 unspecified atom stereocenters. The predicted molar refractivity (Wildman–Crippen MR) is 132 cm³/mol. The van der Waals surface area contributed by atoms with Gasteiger partial charge in [0.05, 0.1) is 36.3 Å². The van der Waals surface area contributed by atoms with Gasteiger partial charge in [-0.3, -0.25) is 9.10 Å². The number of carbonyl (C=O) groups is 2. The number of aryl methyl sites for hydroxylation is 1. The van der Waals surface area contributed by atoms with Crippen LogP contribution in [0.25, 0.3) is 0 Å². The normalized spacial score (nSPS) is 15.1. The van der Waals surface area contributed by atoms with Crippen LogP contribution in [-0.2, 0) is 30.8 Å². The SMILES string of the molecule is COC(=O)[C@H]1CN(C(=O)Cc2ccc(N(C)S(=O)(=O)c3ccc(C)cc3)cc2)c2ccccc2O1. The van der Waals surface area contributed by atoms with Crippen LogP contribution >= 0.6 is 0 Å². The summed E-state index contributed by atoms with van der Waals surface area (Å²) in [4.78, 5) is 27.0. The Morgan fingerprint density at radius 1 is 1.03 bits per heavy atom. The maximum Gasteiger partial charge on any atom is 0.348 e. The second-order valence-electron chi connectivity index (χ2n) is 8.23. The summed E-state index contributed by atoms with van der Waals surface area (Å²) in [5, 5.41) is 0. The van der Waals surface area contributed by atoms with Crippen LogP contribution < -0.4 is 13.9 Å². The molecule has 0 fully saturated rings. The van der Waals surface area contributed by atoms with Gasteiger partial charge in [0.1, 0.15) is 5.75 Å². The zero-order chi connectivity index (χ0) is 25.2. The van der Waals surface area contributed by atoms with Crippen molar-refractivity contribution in [2.45, 2.75) is 24.3 Å². The van der Waals surface area contributed by atoms with Crippen LogP contribution in [0.5, 0.6) is 5.75 Å². The van der Waals surface area contributed by atoms with Gasteiger partial charge in [-0.25, -0.2) is 13.2 Å². The summed E-state index contributed by atoms with van der Waals surface area (Å²) in [6, 6.07) is 20.5. The van der Waals surface area contributed by atoms with Crippen LogP contribution in [0.15, 0.2) is 77.7 Å². The summed E-state index contributed by atoms with van der Waals surface area (Å²) in [6.07, 6.45) is -0.849. The molecule has 0 spiro atoms. The molecule has 1 aliphatic rings. The fourth-order valence-corrected chi connectivity index (χ4v) is 5.02. The van der Waals surface area contributed by atoms with Gasteiger partial charge >= 0.3 is 5.97 Å². The van der Waals surface area contributed by atoms with E-state index >= 15 is 0 Å². The van der Waals surface area contributed by atoms with Crippen molar-refractivity contribution in [2.75, 3.05) is 29.9 Å². The highest BCUT2D eigenvalue weighted by molar-refractivity contribution is 7.92. The van der Waals surface area contributed by atoms with Gasteiger partial charge < -0.3 is 14.4 Å². The Labute approximate surface area is 204 Å². The standard InChI is InChI=1S/C26H26N2O6S/c1-18-8-14-21(15-9-18)35(31,32)27(2)20-12-10-19(11-13-20)16-25(29)28-17-24(26(30)33-3)34-23-7-5-4-6-22(23)28/h4-15,24H,16-17H2,1-3H3/t24-/m1/s1. The number of methoxy groups -OCH3 is 1. The van der Waals surface area contributed by atoms with Gasteiger partial charge in [-0.1, -0.05) is 42.0 Å². The van der Waals surface area contributed by atoms with E-state index in [1.54, 1.807) is 72.8 Å². The lowest BCUT2D eigenvalue weighted by molar-refractivity contribution is -0.148. The molecule has 3 aromatic carbocycles. The molecule has 182 valence electrons. The number of ether oxygens (including phenoxy) is 2. The van der Waals surface area contributed by atoms with E-state index < -0.39 is 22.1 Å². The van der Waals surface area contributed by atoms with E-state index in [2.05, 4.69) is 0 Å². The molecule has 0 N–H and O–H groups in total. The lowest BCUT2D eigenvalue weighted by Crippen LogP contribution is -2.48. The topological polar surface area (TPSA) is 93.2 Å². The van der Waals surface area contributed by atoms with Crippen LogP contribution in [0.4, 0.5) is 11.4 Å². The second kappa shape index (κ2) is 9.79. The molecule has 0 aromatic heterocycles. The van der Waals surface area contributed by atoms with E-state index in [1.165, 1.54) is 23.4 Å². The number of sulfonamides is 1. The van der Waals surface area contributed by atoms with Crippen molar-refractivity contribution < 1.29 is 27.5 Å². The zero-order valence-corrected chi connectivity index (χ0v) is 20.5. The first-order valence-electron chi connectivity index (χ1n) is 11.0. The molecule has 0 radical (unpaired) electrons. The minimum Gasteiger partial charge on any atom is -0.475 e. The molecule has 9 heteroatoms. The van der Waals surface area contributed by atoms with Crippen molar-refractivity contribution in [1.29, 1.82) is 0 Å². The third kappa shape index (κ3) is 5.00. The quantitative estimate of drug-likeness (QED) is 0.488. The summed E-state index contributed by atoms with van der Waals surface area (Å²) >= 11 is 0. The van der Waals surface area contributed by atoms with E-state index in [0.29, 0.717) is 22.7 Å². The number of carbonyl (C=O) groups excluding carboxylic acids is 2. The number of nitrogens with zero attached hydrogens (tertiary/aromatic N) is 2. The van der Waals surface area contributed by atoms with Crippen LogP contribution in [0.1, 0.15) is 11.1 Å². The number of anilines is 2. The minimum atomic E-state index is -3.71. The predicted octanol–water partition coefficient (Wildman–Crippen LogP) is 3.33. The van der Waals surface area contributed by atoms with E-state index in [4.69, 9.17) is 9.47 Å². The number of benzene rings is 3. The highest BCUT2D eigenvalue weighted by Crippen LogP contribution is 2.34. The Kier molecular flexibility index (Phi) is 6.79. The van der Waals surface area contributed by atoms with Crippen LogP contribution in [-0.4, -0.2) is 47.1 Å². The molecule has 35 heavy (non-hydrogen) atoms.